The summed E-state index contributed by atoms with van der Waals surface area (Å²) >= 11 is 0. The lowest BCUT2D eigenvalue weighted by atomic mass is 10.4. The number of aliphatic hydroxyl groups excluding tert-OH is 2. The molecule has 0 aliphatic rings. The van der Waals surface area contributed by atoms with E-state index in [4.69, 9.17) is 5.11 Å². The first-order chi connectivity index (χ1) is 6.16. The number of imidazole rings is 1. The highest BCUT2D eigenvalue weighted by molar-refractivity contribution is 5.15. The van der Waals surface area contributed by atoms with Crippen LogP contribution >= 0.6 is 0 Å². The van der Waals surface area contributed by atoms with Crippen molar-refractivity contribution in [3.8, 4) is 0 Å². The van der Waals surface area contributed by atoms with Crippen molar-refractivity contribution in [3.05, 3.63) is 22.6 Å². The monoisotopic (exact) mass is 187 g/mol. The molecule has 1 heterocycles. The highest BCUT2D eigenvalue weighted by Crippen LogP contribution is 2.16. The van der Waals surface area contributed by atoms with Crippen LogP contribution in [0.4, 0.5) is 5.82 Å². The Bertz CT molecular complexity index is 298. The van der Waals surface area contributed by atoms with E-state index in [9.17, 15) is 15.2 Å². The predicted octanol–water partition coefficient (Wildman–Crippen LogP) is -0.335. The summed E-state index contributed by atoms with van der Waals surface area (Å²) in [5.41, 5.74) is 0. The number of rotatable bonds is 4. The first-order valence-corrected chi connectivity index (χ1v) is 3.62. The van der Waals surface area contributed by atoms with Gasteiger partial charge in [0.2, 0.25) is 6.23 Å². The fourth-order valence-electron chi connectivity index (χ4n) is 0.923. The molecule has 0 radical (unpaired) electrons. The maximum Gasteiger partial charge on any atom is 0.344 e. The van der Waals surface area contributed by atoms with Crippen molar-refractivity contribution in [2.24, 2.45) is 0 Å². The molecule has 0 aliphatic carbocycles. The van der Waals surface area contributed by atoms with Crippen LogP contribution in [-0.2, 0) is 0 Å². The Morgan fingerprint density at radius 3 is 3.00 bits per heavy atom. The Kier molecular flexibility index (Phi) is 2.93. The van der Waals surface area contributed by atoms with Crippen molar-refractivity contribution in [2.45, 2.75) is 12.6 Å². The van der Waals surface area contributed by atoms with Gasteiger partial charge in [-0.1, -0.05) is 0 Å². The van der Waals surface area contributed by atoms with Gasteiger partial charge in [-0.3, -0.25) is 0 Å². The molecule has 1 aromatic heterocycles. The lowest BCUT2D eigenvalue weighted by Gasteiger charge is -2.06. The highest BCUT2D eigenvalue weighted by Gasteiger charge is 2.19. The average Bonchev–Trinajstić information content (AvgIpc) is 2.52. The van der Waals surface area contributed by atoms with Crippen LogP contribution in [-0.4, -0.2) is 31.3 Å². The first-order valence-electron chi connectivity index (χ1n) is 3.62. The van der Waals surface area contributed by atoms with E-state index < -0.39 is 11.2 Å². The van der Waals surface area contributed by atoms with Crippen molar-refractivity contribution >= 4 is 5.82 Å². The van der Waals surface area contributed by atoms with E-state index in [0.717, 1.165) is 17.1 Å². The molecule has 0 fully saturated rings. The second kappa shape index (κ2) is 3.97. The SMILES string of the molecule is O=[N+]([O-])c1cncn1C(O)CCO. The molecule has 1 aromatic rings. The van der Waals surface area contributed by atoms with Crippen LogP contribution in [0.5, 0.6) is 0 Å². The van der Waals surface area contributed by atoms with Gasteiger partial charge in [-0.15, -0.1) is 0 Å². The molecule has 0 aromatic carbocycles. The molecule has 7 nitrogen and oxygen atoms in total. The molecular formula is C6H9N3O4. The summed E-state index contributed by atoms with van der Waals surface area (Å²) in [7, 11) is 0. The topological polar surface area (TPSA) is 101 Å². The van der Waals surface area contributed by atoms with Crippen LogP contribution in [0.3, 0.4) is 0 Å². The normalized spacial score (nSPS) is 12.8. The Morgan fingerprint density at radius 2 is 2.46 bits per heavy atom. The van der Waals surface area contributed by atoms with Gasteiger partial charge in [0.05, 0.1) is 0 Å². The minimum Gasteiger partial charge on any atom is -0.396 e. The fraction of sp³-hybridized carbons (Fsp3) is 0.500. The average molecular weight is 187 g/mol. The summed E-state index contributed by atoms with van der Waals surface area (Å²) in [4.78, 5) is 13.2. The van der Waals surface area contributed by atoms with Crippen molar-refractivity contribution in [1.82, 2.24) is 9.55 Å². The van der Waals surface area contributed by atoms with Gasteiger partial charge in [-0.25, -0.2) is 4.98 Å². The van der Waals surface area contributed by atoms with Crippen LogP contribution in [0.15, 0.2) is 12.5 Å². The molecule has 0 saturated heterocycles. The molecule has 7 heteroatoms. The van der Waals surface area contributed by atoms with Gasteiger partial charge in [0, 0.05) is 13.0 Å². The third kappa shape index (κ3) is 2.01. The van der Waals surface area contributed by atoms with Gasteiger partial charge >= 0.3 is 5.82 Å². The Labute approximate surface area is 73.4 Å². The molecule has 0 bridgehead atoms. The summed E-state index contributed by atoms with van der Waals surface area (Å²) < 4.78 is 0.996. The van der Waals surface area contributed by atoms with Gasteiger partial charge in [-0.2, -0.15) is 4.57 Å². The molecule has 1 unspecified atom stereocenters. The Hall–Kier alpha value is -1.47. The van der Waals surface area contributed by atoms with Crippen LogP contribution in [0.1, 0.15) is 12.6 Å². The molecule has 2 N–H and O–H groups in total. The van der Waals surface area contributed by atoms with E-state index in [0.29, 0.717) is 0 Å². The van der Waals surface area contributed by atoms with Gasteiger partial charge in [0.25, 0.3) is 0 Å². The molecular weight excluding hydrogens is 178 g/mol. The van der Waals surface area contributed by atoms with Crippen molar-refractivity contribution in [1.29, 1.82) is 0 Å². The van der Waals surface area contributed by atoms with Crippen LogP contribution in [0, 0.1) is 10.1 Å². The number of nitro groups is 1. The highest BCUT2D eigenvalue weighted by atomic mass is 16.6. The Morgan fingerprint density at radius 1 is 1.77 bits per heavy atom. The van der Waals surface area contributed by atoms with Crippen molar-refractivity contribution in [3.63, 3.8) is 0 Å². The van der Waals surface area contributed by atoms with Crippen LogP contribution in [0.2, 0.25) is 0 Å². The number of nitrogens with zero attached hydrogens (tertiary/aromatic N) is 3. The van der Waals surface area contributed by atoms with E-state index in [-0.39, 0.29) is 18.8 Å². The molecule has 1 atom stereocenters. The quantitative estimate of drug-likeness (QED) is 0.496. The van der Waals surface area contributed by atoms with Crippen LogP contribution in [0.25, 0.3) is 0 Å². The van der Waals surface area contributed by atoms with Crippen LogP contribution < -0.4 is 0 Å². The lowest BCUT2D eigenvalue weighted by Crippen LogP contribution is -2.11. The largest absolute Gasteiger partial charge is 0.396 e. The second-order valence-corrected chi connectivity index (χ2v) is 2.41. The second-order valence-electron chi connectivity index (χ2n) is 2.41. The molecule has 0 saturated carbocycles. The van der Waals surface area contributed by atoms with Gasteiger partial charge < -0.3 is 20.3 Å². The molecule has 0 spiro atoms. The first kappa shape index (κ1) is 9.62. The van der Waals surface area contributed by atoms with E-state index in [1.54, 1.807) is 0 Å². The maximum absolute atomic E-state index is 10.4. The number of hydrogen-bond acceptors (Lipinski definition) is 5. The molecule has 72 valence electrons. The molecule has 1 rings (SSSR count). The van der Waals surface area contributed by atoms with E-state index in [1.807, 2.05) is 0 Å². The number of aliphatic hydroxyl groups is 2. The number of hydrogen-bond donors (Lipinski definition) is 2. The maximum atomic E-state index is 10.4. The lowest BCUT2D eigenvalue weighted by molar-refractivity contribution is -0.393. The van der Waals surface area contributed by atoms with E-state index in [2.05, 4.69) is 4.98 Å². The zero-order valence-electron chi connectivity index (χ0n) is 6.70. The summed E-state index contributed by atoms with van der Waals surface area (Å²) in [6.07, 6.45) is 1.13. The summed E-state index contributed by atoms with van der Waals surface area (Å²) in [5.74, 6) is -0.291. The zero-order valence-corrected chi connectivity index (χ0v) is 6.70. The standard InChI is InChI=1S/C6H9N3O4/c10-2-1-6(11)8-4-7-3-5(8)9(12)13/h3-4,6,10-11H,1-2H2. The van der Waals surface area contributed by atoms with Crippen molar-refractivity contribution in [2.75, 3.05) is 6.61 Å². The zero-order chi connectivity index (χ0) is 9.84. The third-order valence-electron chi connectivity index (χ3n) is 1.54. The van der Waals surface area contributed by atoms with Gasteiger partial charge in [-0.05, 0) is 4.92 Å². The molecule has 13 heavy (non-hydrogen) atoms. The van der Waals surface area contributed by atoms with Crippen molar-refractivity contribution < 1.29 is 15.1 Å². The summed E-state index contributed by atoms with van der Waals surface area (Å²) in [6, 6.07) is 0. The summed E-state index contributed by atoms with van der Waals surface area (Å²) in [5, 5.41) is 28.2. The third-order valence-corrected chi connectivity index (χ3v) is 1.54. The van der Waals surface area contributed by atoms with Gasteiger partial charge in [0.15, 0.2) is 6.33 Å². The smallest absolute Gasteiger partial charge is 0.344 e. The minimum atomic E-state index is -1.10. The predicted molar refractivity (Wildman–Crippen MR) is 41.8 cm³/mol. The minimum absolute atomic E-state index is 0.0389. The number of aromatic nitrogens is 2. The van der Waals surface area contributed by atoms with E-state index >= 15 is 0 Å². The summed E-state index contributed by atoms with van der Waals surface area (Å²) in [6.45, 7) is -0.240. The fourth-order valence-corrected chi connectivity index (χ4v) is 0.923. The molecule has 0 amide bonds. The molecule has 0 aliphatic heterocycles. The Balaban J connectivity index is 2.86. The van der Waals surface area contributed by atoms with E-state index in [1.165, 1.54) is 0 Å². The van der Waals surface area contributed by atoms with Gasteiger partial charge in [0.1, 0.15) is 6.20 Å².